The van der Waals surface area contributed by atoms with Gasteiger partial charge in [-0.2, -0.15) is 5.10 Å². The molecule has 0 aromatic heterocycles. The van der Waals surface area contributed by atoms with E-state index in [1.165, 1.54) is 6.21 Å². The number of hydrazone groups is 1. The summed E-state index contributed by atoms with van der Waals surface area (Å²) in [4.78, 5) is 20.9. The summed E-state index contributed by atoms with van der Waals surface area (Å²) < 4.78 is 6.19. The molecule has 0 saturated carbocycles. The number of nitrogens with one attached hydrogen (secondary N) is 1. The third kappa shape index (κ3) is 5.26. The first-order valence-electron chi connectivity index (χ1n) is 4.82. The van der Waals surface area contributed by atoms with Crippen molar-refractivity contribution in [3.8, 4) is 5.75 Å². The number of rotatable bonds is 5. The summed E-state index contributed by atoms with van der Waals surface area (Å²) in [7, 11) is 0. The number of ether oxygens (including phenoxy) is 1. The van der Waals surface area contributed by atoms with Crippen molar-refractivity contribution in [2.45, 2.75) is 0 Å². The van der Waals surface area contributed by atoms with Crippen LogP contribution in [0.3, 0.4) is 0 Å². The number of nitrogens with zero attached hydrogens (tertiary/aromatic N) is 1. The number of benzene rings is 1. The second kappa shape index (κ2) is 7.10. The van der Waals surface area contributed by atoms with Crippen LogP contribution in [-0.2, 0) is 4.79 Å². The average Bonchev–Trinajstić information content (AvgIpc) is 2.26. The number of hydrogen-bond donors (Lipinski definition) is 3. The van der Waals surface area contributed by atoms with E-state index in [9.17, 15) is 9.59 Å². The molecule has 0 bridgehead atoms. The molecule has 0 radical (unpaired) electrons. The third-order valence-corrected chi connectivity index (χ3v) is 2.93. The number of nitrogens with two attached hydrogens (primary N) is 1. The number of primary amides is 1. The molecule has 0 spiro atoms. The molecule has 102 valence electrons. The van der Waals surface area contributed by atoms with Crippen LogP contribution >= 0.6 is 31.9 Å². The van der Waals surface area contributed by atoms with Crippen molar-refractivity contribution in [2.75, 3.05) is 6.61 Å². The fourth-order valence-corrected chi connectivity index (χ4v) is 2.55. The van der Waals surface area contributed by atoms with Crippen LogP contribution in [0.5, 0.6) is 5.75 Å². The molecule has 9 heteroatoms. The normalized spacial score (nSPS) is 10.4. The zero-order valence-corrected chi connectivity index (χ0v) is 12.6. The monoisotopic (exact) mass is 393 g/mol. The molecule has 0 aliphatic heterocycles. The molecule has 0 atom stereocenters. The lowest BCUT2D eigenvalue weighted by Crippen LogP contribution is -2.24. The lowest BCUT2D eigenvalue weighted by Gasteiger charge is -2.09. The van der Waals surface area contributed by atoms with E-state index in [1.54, 1.807) is 12.1 Å². The molecule has 0 aliphatic carbocycles. The van der Waals surface area contributed by atoms with Crippen LogP contribution in [-0.4, -0.2) is 29.9 Å². The fourth-order valence-electron chi connectivity index (χ4n) is 1.10. The van der Waals surface area contributed by atoms with Crippen LogP contribution in [0.25, 0.3) is 0 Å². The highest BCUT2D eigenvalue weighted by atomic mass is 79.9. The number of halogens is 2. The van der Waals surface area contributed by atoms with Crippen LogP contribution < -0.4 is 15.9 Å². The Morgan fingerprint density at radius 3 is 2.47 bits per heavy atom. The summed E-state index contributed by atoms with van der Waals surface area (Å²) in [6.07, 6.45) is 1.38. The quantitative estimate of drug-likeness (QED) is 0.520. The van der Waals surface area contributed by atoms with E-state index in [0.717, 1.165) is 0 Å². The van der Waals surface area contributed by atoms with Gasteiger partial charge >= 0.3 is 12.0 Å². The van der Waals surface area contributed by atoms with E-state index in [1.807, 2.05) is 0 Å². The molecule has 1 rings (SSSR count). The Balaban J connectivity index is 2.87. The minimum atomic E-state index is -1.07. The summed E-state index contributed by atoms with van der Waals surface area (Å²) >= 11 is 6.49. The standard InChI is InChI=1S/C10H9Br2N3O4/c11-6-1-5(3-14-15-10(13)18)2-7(12)9(6)19-4-8(16)17/h1-3H,4H2,(H,16,17)(H3,13,15,18). The largest absolute Gasteiger partial charge is 0.480 e. The van der Waals surface area contributed by atoms with Crippen molar-refractivity contribution in [1.29, 1.82) is 0 Å². The lowest BCUT2D eigenvalue weighted by molar-refractivity contribution is -0.139. The molecule has 19 heavy (non-hydrogen) atoms. The third-order valence-electron chi connectivity index (χ3n) is 1.75. The summed E-state index contributed by atoms with van der Waals surface area (Å²) in [5.74, 6) is -0.711. The number of carboxylic acid groups (broad SMARTS) is 1. The van der Waals surface area contributed by atoms with Gasteiger partial charge in [-0.3, -0.25) is 0 Å². The van der Waals surface area contributed by atoms with Gasteiger partial charge in [0.15, 0.2) is 6.61 Å². The van der Waals surface area contributed by atoms with Crippen LogP contribution in [0.15, 0.2) is 26.2 Å². The Hall–Kier alpha value is -1.61. The highest BCUT2D eigenvalue weighted by Crippen LogP contribution is 2.34. The zero-order valence-electron chi connectivity index (χ0n) is 9.39. The predicted molar refractivity (Wildman–Crippen MR) is 75.3 cm³/mol. The number of hydrogen-bond acceptors (Lipinski definition) is 4. The van der Waals surface area contributed by atoms with Gasteiger partial charge < -0.3 is 15.6 Å². The molecule has 0 aliphatic rings. The highest BCUT2D eigenvalue weighted by molar-refractivity contribution is 9.11. The molecule has 0 heterocycles. The summed E-state index contributed by atoms with van der Waals surface area (Å²) in [5, 5.41) is 12.2. The number of carbonyl (C=O) groups excluding carboxylic acids is 1. The van der Waals surface area contributed by atoms with Crippen LogP contribution in [0, 0.1) is 0 Å². The first kappa shape index (κ1) is 15.4. The Bertz CT molecular complexity index is 511. The maximum absolute atomic E-state index is 10.4. The van der Waals surface area contributed by atoms with E-state index in [4.69, 9.17) is 15.6 Å². The number of carbonyl (C=O) groups is 2. The van der Waals surface area contributed by atoms with Crippen molar-refractivity contribution in [2.24, 2.45) is 10.8 Å². The van der Waals surface area contributed by atoms with Crippen molar-refractivity contribution in [3.05, 3.63) is 26.6 Å². The fraction of sp³-hybridized carbons (Fsp3) is 0.100. The average molecular weight is 395 g/mol. The van der Waals surface area contributed by atoms with Gasteiger partial charge in [0.25, 0.3) is 0 Å². The summed E-state index contributed by atoms with van der Waals surface area (Å²) in [5.41, 5.74) is 7.56. The van der Waals surface area contributed by atoms with E-state index >= 15 is 0 Å². The van der Waals surface area contributed by atoms with Crippen LogP contribution in [0.2, 0.25) is 0 Å². The van der Waals surface area contributed by atoms with Gasteiger partial charge in [0, 0.05) is 0 Å². The minimum Gasteiger partial charge on any atom is -0.480 e. The van der Waals surface area contributed by atoms with Gasteiger partial charge in [-0.05, 0) is 49.6 Å². The Morgan fingerprint density at radius 1 is 1.42 bits per heavy atom. The van der Waals surface area contributed by atoms with Gasteiger partial charge in [-0.1, -0.05) is 0 Å². The predicted octanol–water partition coefficient (Wildman–Crippen LogP) is 1.68. The van der Waals surface area contributed by atoms with Gasteiger partial charge in [0.05, 0.1) is 15.2 Å². The molecular weight excluding hydrogens is 386 g/mol. The Kier molecular flexibility index (Phi) is 5.77. The number of amides is 2. The molecule has 1 aromatic carbocycles. The van der Waals surface area contributed by atoms with Crippen LogP contribution in [0.4, 0.5) is 4.79 Å². The molecule has 0 unspecified atom stereocenters. The maximum Gasteiger partial charge on any atom is 0.341 e. The van der Waals surface area contributed by atoms with E-state index in [2.05, 4.69) is 42.4 Å². The van der Waals surface area contributed by atoms with Gasteiger partial charge in [-0.25, -0.2) is 15.0 Å². The first-order chi connectivity index (χ1) is 8.90. The van der Waals surface area contributed by atoms with Crippen molar-refractivity contribution in [1.82, 2.24) is 5.43 Å². The Morgan fingerprint density at radius 2 is 2.00 bits per heavy atom. The zero-order chi connectivity index (χ0) is 14.4. The molecule has 1 aromatic rings. The van der Waals surface area contributed by atoms with Gasteiger partial charge in [0.1, 0.15) is 5.75 Å². The first-order valence-corrected chi connectivity index (χ1v) is 6.41. The van der Waals surface area contributed by atoms with Crippen molar-refractivity contribution >= 4 is 50.1 Å². The molecule has 0 saturated heterocycles. The molecule has 2 amide bonds. The molecule has 7 nitrogen and oxygen atoms in total. The van der Waals surface area contributed by atoms with Crippen LogP contribution in [0.1, 0.15) is 5.56 Å². The summed E-state index contributed by atoms with van der Waals surface area (Å²) in [6, 6.07) is 2.53. The van der Waals surface area contributed by atoms with Crippen molar-refractivity contribution in [3.63, 3.8) is 0 Å². The van der Waals surface area contributed by atoms with Gasteiger partial charge in [0.2, 0.25) is 0 Å². The number of urea groups is 1. The smallest absolute Gasteiger partial charge is 0.341 e. The molecule has 0 fully saturated rings. The van der Waals surface area contributed by atoms with E-state index < -0.39 is 18.6 Å². The van der Waals surface area contributed by atoms with Crippen molar-refractivity contribution < 1.29 is 19.4 Å². The SMILES string of the molecule is NC(=O)NN=Cc1cc(Br)c(OCC(=O)O)c(Br)c1. The lowest BCUT2D eigenvalue weighted by atomic mass is 10.2. The maximum atomic E-state index is 10.4. The topological polar surface area (TPSA) is 114 Å². The second-order valence-corrected chi connectivity index (χ2v) is 4.94. The number of carboxylic acids is 1. The van der Waals surface area contributed by atoms with E-state index in [0.29, 0.717) is 20.3 Å². The second-order valence-electron chi connectivity index (χ2n) is 3.23. The Labute approximate surface area is 125 Å². The molecular formula is C10H9Br2N3O4. The number of aliphatic carboxylic acids is 1. The minimum absolute atomic E-state index is 0.363. The van der Waals surface area contributed by atoms with Gasteiger partial charge in [-0.15, -0.1) is 0 Å². The highest BCUT2D eigenvalue weighted by Gasteiger charge is 2.10. The molecule has 4 N–H and O–H groups in total. The van der Waals surface area contributed by atoms with E-state index in [-0.39, 0.29) is 0 Å². The summed E-state index contributed by atoms with van der Waals surface area (Å²) in [6.45, 7) is -0.451.